The summed E-state index contributed by atoms with van der Waals surface area (Å²) in [5.74, 6) is 1.05. The number of ether oxygens (including phenoxy) is 2. The average molecular weight is 396 g/mol. The molecule has 0 saturated heterocycles. The molecule has 0 aliphatic carbocycles. The molecule has 2 aromatic carbocycles. The number of benzene rings is 2. The highest BCUT2D eigenvalue weighted by atomic mass is 19.1. The van der Waals surface area contributed by atoms with E-state index in [9.17, 15) is 9.18 Å². The van der Waals surface area contributed by atoms with Crippen LogP contribution in [-0.2, 0) is 6.42 Å². The summed E-state index contributed by atoms with van der Waals surface area (Å²) in [4.78, 5) is 12.2. The summed E-state index contributed by atoms with van der Waals surface area (Å²) in [5, 5.41) is 13.8. The molecule has 1 heterocycles. The normalized spacial score (nSPS) is 10.3. The van der Waals surface area contributed by atoms with Crippen molar-refractivity contribution in [1.82, 2.24) is 15.5 Å². The zero-order valence-corrected chi connectivity index (χ0v) is 16.1. The first-order valence-electron chi connectivity index (χ1n) is 8.95. The number of halogens is 1. The number of carbonyl (C=O) groups excluding carboxylic acids is 1. The van der Waals surface area contributed by atoms with Gasteiger partial charge in [-0.2, -0.15) is 0 Å². The van der Waals surface area contributed by atoms with Gasteiger partial charge in [-0.1, -0.05) is 18.2 Å². The number of nitrogens with zero attached hydrogens (tertiary/aromatic N) is 2. The summed E-state index contributed by atoms with van der Waals surface area (Å²) in [6.07, 6.45) is 0.392. The van der Waals surface area contributed by atoms with Crippen LogP contribution in [0.1, 0.15) is 16.1 Å². The molecular formula is C21H21FN4O3. The molecule has 0 bridgehead atoms. The number of methoxy groups -OCH3 is 2. The molecule has 0 aliphatic rings. The summed E-state index contributed by atoms with van der Waals surface area (Å²) in [6, 6.07) is 15.0. The zero-order chi connectivity index (χ0) is 20.6. The Bertz CT molecular complexity index is 980. The maximum Gasteiger partial charge on any atom is 0.271 e. The Hall–Kier alpha value is -3.68. The van der Waals surface area contributed by atoms with E-state index in [1.807, 2.05) is 0 Å². The fraction of sp³-hybridized carbons (Fsp3) is 0.190. The molecule has 29 heavy (non-hydrogen) atoms. The van der Waals surface area contributed by atoms with Crippen LogP contribution in [0.5, 0.6) is 11.5 Å². The highest BCUT2D eigenvalue weighted by Gasteiger charge is 2.10. The molecule has 7 nitrogen and oxygen atoms in total. The van der Waals surface area contributed by atoms with Crippen molar-refractivity contribution in [3.05, 3.63) is 71.7 Å². The summed E-state index contributed by atoms with van der Waals surface area (Å²) >= 11 is 0. The van der Waals surface area contributed by atoms with Crippen LogP contribution in [0.3, 0.4) is 0 Å². The van der Waals surface area contributed by atoms with E-state index in [0.29, 0.717) is 41.5 Å². The van der Waals surface area contributed by atoms with Gasteiger partial charge in [0, 0.05) is 12.6 Å². The molecule has 1 aromatic heterocycles. The molecule has 3 rings (SSSR count). The standard InChI is InChI=1S/C21H21FN4O3/c1-28-15-7-8-17(19(13-15)29-2)24-20-10-9-18(25-26-20)21(27)23-12-11-14-5-3-4-6-16(14)22/h3-10,13H,11-12H2,1-2H3,(H,23,27)(H,24,26). The average Bonchev–Trinajstić information content (AvgIpc) is 2.75. The lowest BCUT2D eigenvalue weighted by Crippen LogP contribution is -2.27. The second-order valence-corrected chi connectivity index (χ2v) is 6.09. The lowest BCUT2D eigenvalue weighted by atomic mass is 10.1. The molecule has 0 radical (unpaired) electrons. The van der Waals surface area contributed by atoms with Gasteiger partial charge in [-0.25, -0.2) is 4.39 Å². The lowest BCUT2D eigenvalue weighted by Gasteiger charge is -2.12. The third kappa shape index (κ3) is 5.19. The van der Waals surface area contributed by atoms with Crippen molar-refractivity contribution in [2.75, 3.05) is 26.1 Å². The summed E-state index contributed by atoms with van der Waals surface area (Å²) in [6.45, 7) is 0.296. The number of hydrogen-bond acceptors (Lipinski definition) is 6. The molecule has 1 amide bonds. The van der Waals surface area contributed by atoms with Crippen molar-refractivity contribution >= 4 is 17.4 Å². The maximum atomic E-state index is 13.6. The largest absolute Gasteiger partial charge is 0.497 e. The summed E-state index contributed by atoms with van der Waals surface area (Å²) in [7, 11) is 3.13. The van der Waals surface area contributed by atoms with Gasteiger partial charge in [-0.15, -0.1) is 10.2 Å². The van der Waals surface area contributed by atoms with E-state index >= 15 is 0 Å². The molecule has 0 atom stereocenters. The van der Waals surface area contributed by atoms with E-state index in [-0.39, 0.29) is 17.4 Å². The smallest absolute Gasteiger partial charge is 0.271 e. The topological polar surface area (TPSA) is 85.4 Å². The molecule has 0 unspecified atom stereocenters. The quantitative estimate of drug-likeness (QED) is 0.607. The molecule has 150 valence electrons. The fourth-order valence-electron chi connectivity index (χ4n) is 2.66. The van der Waals surface area contributed by atoms with Crippen molar-refractivity contribution in [3.63, 3.8) is 0 Å². The zero-order valence-electron chi connectivity index (χ0n) is 16.1. The number of aromatic nitrogens is 2. The van der Waals surface area contributed by atoms with Gasteiger partial charge in [0.2, 0.25) is 0 Å². The van der Waals surface area contributed by atoms with Crippen LogP contribution in [0.15, 0.2) is 54.6 Å². The van der Waals surface area contributed by atoms with Gasteiger partial charge >= 0.3 is 0 Å². The maximum absolute atomic E-state index is 13.6. The van der Waals surface area contributed by atoms with E-state index in [4.69, 9.17) is 9.47 Å². The molecule has 3 aromatic rings. The van der Waals surface area contributed by atoms with E-state index in [0.717, 1.165) is 0 Å². The van der Waals surface area contributed by atoms with E-state index < -0.39 is 0 Å². The van der Waals surface area contributed by atoms with Crippen molar-refractivity contribution in [3.8, 4) is 11.5 Å². The van der Waals surface area contributed by atoms with Crippen molar-refractivity contribution in [2.24, 2.45) is 0 Å². The van der Waals surface area contributed by atoms with Gasteiger partial charge < -0.3 is 20.1 Å². The second kappa shape index (κ2) is 9.50. The Morgan fingerprint density at radius 2 is 1.86 bits per heavy atom. The number of carbonyl (C=O) groups is 1. The highest BCUT2D eigenvalue weighted by Crippen LogP contribution is 2.30. The molecule has 0 spiro atoms. The van der Waals surface area contributed by atoms with Crippen LogP contribution >= 0.6 is 0 Å². The van der Waals surface area contributed by atoms with E-state index in [1.165, 1.54) is 6.07 Å². The van der Waals surface area contributed by atoms with Crippen LogP contribution in [0, 0.1) is 5.82 Å². The van der Waals surface area contributed by atoms with E-state index in [2.05, 4.69) is 20.8 Å². The minimum atomic E-state index is -0.373. The number of hydrogen-bond donors (Lipinski definition) is 2. The number of rotatable bonds is 8. The molecular weight excluding hydrogens is 375 g/mol. The second-order valence-electron chi connectivity index (χ2n) is 6.09. The first-order chi connectivity index (χ1) is 14.1. The first-order valence-corrected chi connectivity index (χ1v) is 8.95. The minimum absolute atomic E-state index is 0.172. The SMILES string of the molecule is COc1ccc(Nc2ccc(C(=O)NCCc3ccccc3F)nn2)c(OC)c1. The van der Waals surface area contributed by atoms with Crippen LogP contribution in [0.25, 0.3) is 0 Å². The Kier molecular flexibility index (Phi) is 6.57. The van der Waals surface area contributed by atoms with Crippen LogP contribution in [0.4, 0.5) is 15.9 Å². The van der Waals surface area contributed by atoms with Crippen LogP contribution < -0.4 is 20.1 Å². The van der Waals surface area contributed by atoms with Gasteiger partial charge in [-0.05, 0) is 42.3 Å². The number of anilines is 2. The highest BCUT2D eigenvalue weighted by molar-refractivity contribution is 5.92. The Morgan fingerprint density at radius 3 is 2.55 bits per heavy atom. The van der Waals surface area contributed by atoms with Crippen molar-refractivity contribution in [2.45, 2.75) is 6.42 Å². The molecule has 8 heteroatoms. The molecule has 0 fully saturated rings. The lowest BCUT2D eigenvalue weighted by molar-refractivity contribution is 0.0948. The van der Waals surface area contributed by atoms with Gasteiger partial charge in [0.15, 0.2) is 11.5 Å². The van der Waals surface area contributed by atoms with Crippen molar-refractivity contribution in [1.29, 1.82) is 0 Å². The van der Waals surface area contributed by atoms with Crippen LogP contribution in [0.2, 0.25) is 0 Å². The Morgan fingerprint density at radius 1 is 1.03 bits per heavy atom. The first kappa shape index (κ1) is 20.1. The Labute approximate surface area is 167 Å². The Balaban J connectivity index is 1.58. The van der Waals surface area contributed by atoms with Crippen LogP contribution in [-0.4, -0.2) is 36.9 Å². The summed E-state index contributed by atoms with van der Waals surface area (Å²) in [5.41, 5.74) is 1.40. The van der Waals surface area contributed by atoms with Gasteiger partial charge in [-0.3, -0.25) is 4.79 Å². The predicted octanol–water partition coefficient (Wildman–Crippen LogP) is 3.35. The third-order valence-corrected chi connectivity index (χ3v) is 4.21. The molecule has 0 saturated carbocycles. The van der Waals surface area contributed by atoms with Gasteiger partial charge in [0.25, 0.3) is 5.91 Å². The predicted molar refractivity (Wildman–Crippen MR) is 107 cm³/mol. The minimum Gasteiger partial charge on any atom is -0.497 e. The monoisotopic (exact) mass is 396 g/mol. The summed E-state index contributed by atoms with van der Waals surface area (Å²) < 4.78 is 24.1. The number of nitrogens with one attached hydrogen (secondary N) is 2. The fourth-order valence-corrected chi connectivity index (χ4v) is 2.66. The molecule has 0 aliphatic heterocycles. The number of amides is 1. The third-order valence-electron chi connectivity index (χ3n) is 4.21. The van der Waals surface area contributed by atoms with Gasteiger partial charge in [0.1, 0.15) is 17.3 Å². The van der Waals surface area contributed by atoms with Crippen molar-refractivity contribution < 1.29 is 18.7 Å². The van der Waals surface area contributed by atoms with Gasteiger partial charge in [0.05, 0.1) is 19.9 Å². The molecule has 2 N–H and O–H groups in total. The van der Waals surface area contributed by atoms with E-state index in [1.54, 1.807) is 62.8 Å².